The highest BCUT2D eigenvalue weighted by atomic mass is 32.1. The van der Waals surface area contributed by atoms with Crippen molar-refractivity contribution >= 4 is 17.2 Å². The van der Waals surface area contributed by atoms with E-state index in [1.54, 1.807) is 11.3 Å². The number of nitrogens with zero attached hydrogens (tertiary/aromatic N) is 2. The lowest BCUT2D eigenvalue weighted by Gasteiger charge is -2.26. The van der Waals surface area contributed by atoms with Crippen LogP contribution in [0.15, 0.2) is 0 Å². The van der Waals surface area contributed by atoms with Crippen molar-refractivity contribution < 1.29 is 4.79 Å². The predicted molar refractivity (Wildman–Crippen MR) is 74.9 cm³/mol. The van der Waals surface area contributed by atoms with Gasteiger partial charge in [0.1, 0.15) is 0 Å². The average Bonchev–Trinajstić information content (AvgIpc) is 2.73. The van der Waals surface area contributed by atoms with Gasteiger partial charge in [0, 0.05) is 24.4 Å². The second kappa shape index (κ2) is 5.83. The topological polar surface area (TPSA) is 33.2 Å². The molecule has 4 heteroatoms. The maximum absolute atomic E-state index is 12.3. The van der Waals surface area contributed by atoms with Gasteiger partial charge in [-0.1, -0.05) is 13.3 Å². The molecule has 0 saturated heterocycles. The van der Waals surface area contributed by atoms with Gasteiger partial charge >= 0.3 is 0 Å². The van der Waals surface area contributed by atoms with Crippen molar-refractivity contribution in [3.8, 4) is 0 Å². The summed E-state index contributed by atoms with van der Waals surface area (Å²) in [5.41, 5.74) is 1.23. The standard InChI is InChI=1S/C14H22N2OS/c1-4-5-8-16(3)14(17)11-6-7-12-13(9-11)18-10(2)15-12/h11H,4-9H2,1-3H3. The van der Waals surface area contributed by atoms with Crippen molar-refractivity contribution in [3.63, 3.8) is 0 Å². The van der Waals surface area contributed by atoms with E-state index < -0.39 is 0 Å². The molecule has 0 radical (unpaired) electrons. The van der Waals surface area contributed by atoms with E-state index in [1.165, 1.54) is 10.6 Å². The summed E-state index contributed by atoms with van der Waals surface area (Å²) in [7, 11) is 1.94. The Bertz CT molecular complexity index is 427. The first-order valence-electron chi connectivity index (χ1n) is 6.82. The Morgan fingerprint density at radius 1 is 1.56 bits per heavy atom. The van der Waals surface area contributed by atoms with Gasteiger partial charge in [0.25, 0.3) is 0 Å². The number of carbonyl (C=O) groups excluding carboxylic acids is 1. The molecule has 0 fully saturated rings. The third kappa shape index (κ3) is 2.91. The molecule has 0 N–H and O–H groups in total. The Balaban J connectivity index is 1.97. The van der Waals surface area contributed by atoms with Crippen LogP contribution < -0.4 is 0 Å². The van der Waals surface area contributed by atoms with Gasteiger partial charge in [0.05, 0.1) is 10.7 Å². The molecule has 0 aliphatic heterocycles. The molecule has 2 rings (SSSR count). The summed E-state index contributed by atoms with van der Waals surface area (Å²) < 4.78 is 0. The number of aromatic nitrogens is 1. The molecule has 0 spiro atoms. The minimum Gasteiger partial charge on any atom is -0.346 e. The summed E-state index contributed by atoms with van der Waals surface area (Å²) in [6.45, 7) is 5.10. The molecule has 100 valence electrons. The van der Waals surface area contributed by atoms with E-state index in [2.05, 4.69) is 11.9 Å². The summed E-state index contributed by atoms with van der Waals surface area (Å²) in [4.78, 5) is 20.1. The molecule has 18 heavy (non-hydrogen) atoms. The number of rotatable bonds is 4. The van der Waals surface area contributed by atoms with Crippen LogP contribution in [0.2, 0.25) is 0 Å². The molecule has 1 amide bonds. The molecule has 1 atom stereocenters. The van der Waals surface area contributed by atoms with E-state index in [-0.39, 0.29) is 5.92 Å². The van der Waals surface area contributed by atoms with E-state index in [0.717, 1.165) is 43.7 Å². The quantitative estimate of drug-likeness (QED) is 0.839. The van der Waals surface area contributed by atoms with E-state index in [9.17, 15) is 4.79 Å². The second-order valence-electron chi connectivity index (χ2n) is 5.16. The summed E-state index contributed by atoms with van der Waals surface area (Å²) in [6, 6.07) is 0. The van der Waals surface area contributed by atoms with Gasteiger partial charge in [-0.2, -0.15) is 0 Å². The molecule has 3 nitrogen and oxygen atoms in total. The average molecular weight is 266 g/mol. The van der Waals surface area contributed by atoms with Crippen LogP contribution >= 0.6 is 11.3 Å². The minimum atomic E-state index is 0.180. The van der Waals surface area contributed by atoms with Crippen molar-refractivity contribution in [1.82, 2.24) is 9.88 Å². The van der Waals surface area contributed by atoms with Crippen LogP contribution in [0.1, 0.15) is 41.8 Å². The first-order valence-corrected chi connectivity index (χ1v) is 7.63. The zero-order valence-corrected chi connectivity index (χ0v) is 12.3. The van der Waals surface area contributed by atoms with Crippen LogP contribution in [-0.2, 0) is 17.6 Å². The monoisotopic (exact) mass is 266 g/mol. The van der Waals surface area contributed by atoms with Gasteiger partial charge in [-0.05, 0) is 32.6 Å². The lowest BCUT2D eigenvalue weighted by atomic mass is 9.90. The number of thiazole rings is 1. The summed E-state index contributed by atoms with van der Waals surface area (Å²) in [5, 5.41) is 1.13. The zero-order valence-electron chi connectivity index (χ0n) is 11.5. The van der Waals surface area contributed by atoms with E-state index >= 15 is 0 Å². The van der Waals surface area contributed by atoms with Crippen molar-refractivity contribution in [2.45, 2.75) is 46.0 Å². The largest absolute Gasteiger partial charge is 0.346 e. The third-order valence-corrected chi connectivity index (χ3v) is 4.65. The Kier molecular flexibility index (Phi) is 4.38. The lowest BCUT2D eigenvalue weighted by Crippen LogP contribution is -2.36. The number of carbonyl (C=O) groups is 1. The van der Waals surface area contributed by atoms with Crippen molar-refractivity contribution in [3.05, 3.63) is 15.6 Å². The van der Waals surface area contributed by atoms with Gasteiger partial charge in [-0.3, -0.25) is 4.79 Å². The number of fused-ring (bicyclic) bond motifs is 1. The smallest absolute Gasteiger partial charge is 0.225 e. The third-order valence-electron chi connectivity index (χ3n) is 3.62. The van der Waals surface area contributed by atoms with Crippen LogP contribution in [0.25, 0.3) is 0 Å². The first kappa shape index (κ1) is 13.5. The summed E-state index contributed by atoms with van der Waals surface area (Å²) in [6.07, 6.45) is 5.07. The molecular weight excluding hydrogens is 244 g/mol. The van der Waals surface area contributed by atoms with Crippen LogP contribution in [0.5, 0.6) is 0 Å². The molecular formula is C14H22N2OS. The lowest BCUT2D eigenvalue weighted by molar-refractivity contribution is -0.134. The summed E-state index contributed by atoms with van der Waals surface area (Å²) in [5.74, 6) is 0.499. The fourth-order valence-electron chi connectivity index (χ4n) is 2.53. The zero-order chi connectivity index (χ0) is 13.1. The Morgan fingerprint density at radius 2 is 2.33 bits per heavy atom. The second-order valence-corrected chi connectivity index (χ2v) is 6.44. The number of amides is 1. The minimum absolute atomic E-state index is 0.180. The molecule has 0 bridgehead atoms. The number of hydrogen-bond acceptors (Lipinski definition) is 3. The molecule has 1 heterocycles. The maximum Gasteiger partial charge on any atom is 0.225 e. The van der Waals surface area contributed by atoms with Gasteiger partial charge < -0.3 is 4.90 Å². The van der Waals surface area contributed by atoms with Crippen LogP contribution in [0.3, 0.4) is 0 Å². The van der Waals surface area contributed by atoms with Crippen LogP contribution in [0, 0.1) is 12.8 Å². The van der Waals surface area contributed by atoms with Crippen LogP contribution in [0.4, 0.5) is 0 Å². The van der Waals surface area contributed by atoms with Gasteiger partial charge in [0.15, 0.2) is 0 Å². The number of aryl methyl sites for hydroxylation is 2. The number of unbranched alkanes of at least 4 members (excludes halogenated alkanes) is 1. The van der Waals surface area contributed by atoms with E-state index in [0.29, 0.717) is 5.91 Å². The molecule has 0 saturated carbocycles. The molecule has 0 aromatic carbocycles. The molecule has 1 aliphatic rings. The highest BCUT2D eigenvalue weighted by molar-refractivity contribution is 7.11. The number of hydrogen-bond donors (Lipinski definition) is 0. The molecule has 1 aromatic heterocycles. The Labute approximate surface area is 113 Å². The maximum atomic E-state index is 12.3. The molecule has 1 aromatic rings. The first-order chi connectivity index (χ1) is 8.61. The fourth-order valence-corrected chi connectivity index (χ4v) is 3.59. The normalized spacial score (nSPS) is 18.5. The van der Waals surface area contributed by atoms with Crippen molar-refractivity contribution in [2.24, 2.45) is 5.92 Å². The van der Waals surface area contributed by atoms with Gasteiger partial charge in [0.2, 0.25) is 5.91 Å². The molecule has 1 unspecified atom stereocenters. The van der Waals surface area contributed by atoms with Gasteiger partial charge in [-0.15, -0.1) is 11.3 Å². The van der Waals surface area contributed by atoms with Crippen LogP contribution in [-0.4, -0.2) is 29.4 Å². The highest BCUT2D eigenvalue weighted by Gasteiger charge is 2.28. The summed E-state index contributed by atoms with van der Waals surface area (Å²) >= 11 is 1.76. The van der Waals surface area contributed by atoms with E-state index in [1.807, 2.05) is 18.9 Å². The van der Waals surface area contributed by atoms with Crippen molar-refractivity contribution in [2.75, 3.05) is 13.6 Å². The SMILES string of the molecule is CCCCN(C)C(=O)C1CCc2nc(C)sc2C1. The molecule has 1 aliphatic carbocycles. The fraction of sp³-hybridized carbons (Fsp3) is 0.714. The highest BCUT2D eigenvalue weighted by Crippen LogP contribution is 2.30. The Hall–Kier alpha value is -0.900. The van der Waals surface area contributed by atoms with E-state index in [4.69, 9.17) is 0 Å². The Morgan fingerprint density at radius 3 is 3.06 bits per heavy atom. The predicted octanol–water partition coefficient (Wildman–Crippen LogP) is 2.81. The van der Waals surface area contributed by atoms with Crippen molar-refractivity contribution in [1.29, 1.82) is 0 Å². The van der Waals surface area contributed by atoms with Gasteiger partial charge in [-0.25, -0.2) is 4.98 Å².